The van der Waals surface area contributed by atoms with Gasteiger partial charge in [-0.25, -0.2) is 4.98 Å². The molecule has 1 aromatic heterocycles. The first kappa shape index (κ1) is 26.4. The monoisotopic (exact) mass is 526 g/mol. The molecule has 2 N–H and O–H groups in total. The number of benzene rings is 1. The smallest absolute Gasteiger partial charge is 0.191 e. The Bertz CT molecular complexity index is 761. The number of rotatable bonds is 10. The van der Waals surface area contributed by atoms with E-state index in [9.17, 15) is 0 Å². The summed E-state index contributed by atoms with van der Waals surface area (Å²) in [7, 11) is 1.82. The van der Waals surface area contributed by atoms with Crippen LogP contribution in [0.3, 0.4) is 0 Å². The van der Waals surface area contributed by atoms with Gasteiger partial charge in [-0.1, -0.05) is 24.3 Å². The highest BCUT2D eigenvalue weighted by atomic mass is 127. The Balaban J connectivity index is 0.00000450. The van der Waals surface area contributed by atoms with Crippen LogP contribution in [0.2, 0.25) is 0 Å². The van der Waals surface area contributed by atoms with Crippen LogP contribution in [0.1, 0.15) is 51.1 Å². The van der Waals surface area contributed by atoms with Crippen molar-refractivity contribution in [1.29, 1.82) is 0 Å². The average molecular weight is 527 g/mol. The Morgan fingerprint density at radius 1 is 1.13 bits per heavy atom. The van der Waals surface area contributed by atoms with Crippen LogP contribution in [0.5, 0.6) is 0 Å². The van der Waals surface area contributed by atoms with Gasteiger partial charge in [-0.05, 0) is 52.2 Å². The van der Waals surface area contributed by atoms with Gasteiger partial charge in [-0.2, -0.15) is 0 Å². The zero-order valence-electron chi connectivity index (χ0n) is 19.4. The van der Waals surface area contributed by atoms with Gasteiger partial charge in [0, 0.05) is 57.7 Å². The van der Waals surface area contributed by atoms with E-state index in [4.69, 9.17) is 0 Å². The molecule has 2 rings (SSSR count). The summed E-state index contributed by atoms with van der Waals surface area (Å²) < 4.78 is 2.16. The van der Waals surface area contributed by atoms with E-state index in [-0.39, 0.29) is 24.0 Å². The van der Waals surface area contributed by atoms with Crippen LogP contribution in [0.25, 0.3) is 0 Å². The first-order valence-electron chi connectivity index (χ1n) is 10.7. The summed E-state index contributed by atoms with van der Waals surface area (Å²) >= 11 is 0. The first-order chi connectivity index (χ1) is 13.9. The van der Waals surface area contributed by atoms with Crippen molar-refractivity contribution < 1.29 is 0 Å². The van der Waals surface area contributed by atoms with Crippen molar-refractivity contribution in [3.05, 3.63) is 53.6 Å². The summed E-state index contributed by atoms with van der Waals surface area (Å²) in [6.45, 7) is 14.7. The molecule has 0 amide bonds. The van der Waals surface area contributed by atoms with Crippen molar-refractivity contribution in [2.45, 2.75) is 66.2 Å². The van der Waals surface area contributed by atoms with Crippen LogP contribution in [0.4, 0.5) is 0 Å². The van der Waals surface area contributed by atoms with Crippen molar-refractivity contribution in [1.82, 2.24) is 25.1 Å². The number of nitrogens with one attached hydrogen (secondary N) is 2. The molecule has 168 valence electrons. The van der Waals surface area contributed by atoms with Crippen molar-refractivity contribution in [2.24, 2.45) is 4.99 Å². The highest BCUT2D eigenvalue weighted by Crippen LogP contribution is 2.09. The van der Waals surface area contributed by atoms with E-state index >= 15 is 0 Å². The van der Waals surface area contributed by atoms with E-state index in [1.54, 1.807) is 0 Å². The number of aromatic nitrogens is 2. The summed E-state index contributed by atoms with van der Waals surface area (Å²) in [5.41, 5.74) is 2.52. The van der Waals surface area contributed by atoms with Crippen molar-refractivity contribution in [3.8, 4) is 0 Å². The minimum absolute atomic E-state index is 0. The molecule has 6 nitrogen and oxygen atoms in total. The molecule has 7 heteroatoms. The fraction of sp³-hybridized carbons (Fsp3) is 0.565. The van der Waals surface area contributed by atoms with Gasteiger partial charge < -0.3 is 15.2 Å². The molecule has 0 saturated carbocycles. The minimum Gasteiger partial charge on any atom is -0.356 e. The zero-order chi connectivity index (χ0) is 21.2. The molecule has 0 bridgehead atoms. The van der Waals surface area contributed by atoms with Gasteiger partial charge in [0.2, 0.25) is 0 Å². The largest absolute Gasteiger partial charge is 0.356 e. The molecule has 0 radical (unpaired) electrons. The van der Waals surface area contributed by atoms with Gasteiger partial charge >= 0.3 is 0 Å². The minimum atomic E-state index is 0. The fourth-order valence-corrected chi connectivity index (χ4v) is 3.59. The Morgan fingerprint density at radius 2 is 1.83 bits per heavy atom. The molecule has 0 saturated heterocycles. The number of halogens is 1. The lowest BCUT2D eigenvalue weighted by Gasteiger charge is -2.30. The predicted octanol–water partition coefficient (Wildman–Crippen LogP) is 4.03. The lowest BCUT2D eigenvalue weighted by molar-refractivity contribution is 0.173. The van der Waals surface area contributed by atoms with Crippen LogP contribution >= 0.6 is 24.0 Å². The third kappa shape index (κ3) is 8.63. The highest BCUT2D eigenvalue weighted by molar-refractivity contribution is 14.0. The van der Waals surface area contributed by atoms with Crippen molar-refractivity contribution >= 4 is 29.9 Å². The summed E-state index contributed by atoms with van der Waals surface area (Å²) in [6, 6.07) is 9.81. The maximum absolute atomic E-state index is 4.35. The summed E-state index contributed by atoms with van der Waals surface area (Å²) in [5, 5.41) is 6.85. The van der Waals surface area contributed by atoms with Gasteiger partial charge in [0.15, 0.2) is 5.96 Å². The van der Waals surface area contributed by atoms with Crippen LogP contribution in [0.15, 0.2) is 41.7 Å². The molecule has 0 fully saturated rings. The number of aryl methyl sites for hydroxylation is 1. The Morgan fingerprint density at radius 3 is 2.43 bits per heavy atom. The zero-order valence-corrected chi connectivity index (χ0v) is 21.7. The van der Waals surface area contributed by atoms with Crippen LogP contribution < -0.4 is 10.6 Å². The summed E-state index contributed by atoms with van der Waals surface area (Å²) in [5.74, 6) is 1.88. The van der Waals surface area contributed by atoms with E-state index in [1.165, 1.54) is 11.1 Å². The topological polar surface area (TPSA) is 57.5 Å². The standard InChI is InChI=1S/C23H38N6.HI/c1-18(2)29(19(3)4)13-8-11-26-23(24-6)27-16-21-9-7-10-22(15-21)17-28-14-12-25-20(28)5;/h7,9-10,12,14-15,18-19H,8,11,13,16-17H2,1-6H3,(H2,24,26,27);1H. The summed E-state index contributed by atoms with van der Waals surface area (Å²) in [4.78, 5) is 11.2. The number of guanidine groups is 1. The molecular weight excluding hydrogens is 487 g/mol. The fourth-order valence-electron chi connectivity index (χ4n) is 3.59. The van der Waals surface area contributed by atoms with Gasteiger partial charge in [0.25, 0.3) is 0 Å². The number of hydrogen-bond acceptors (Lipinski definition) is 3. The number of nitrogens with zero attached hydrogens (tertiary/aromatic N) is 4. The van der Waals surface area contributed by atoms with Crippen LogP contribution in [-0.2, 0) is 13.1 Å². The predicted molar refractivity (Wildman–Crippen MR) is 138 cm³/mol. The highest BCUT2D eigenvalue weighted by Gasteiger charge is 2.12. The second-order valence-corrected chi connectivity index (χ2v) is 8.05. The second-order valence-electron chi connectivity index (χ2n) is 8.05. The molecular formula is C23H39IN6. The molecule has 1 heterocycles. The maximum atomic E-state index is 4.35. The maximum Gasteiger partial charge on any atom is 0.191 e. The molecule has 0 aliphatic carbocycles. The average Bonchev–Trinajstić information content (AvgIpc) is 3.08. The normalized spacial score (nSPS) is 11.8. The summed E-state index contributed by atoms with van der Waals surface area (Å²) in [6.07, 6.45) is 4.96. The SMILES string of the molecule is CN=C(NCCCN(C(C)C)C(C)C)NCc1cccc(Cn2ccnc2C)c1.I. The molecule has 0 spiro atoms. The quantitative estimate of drug-likeness (QED) is 0.213. The van der Waals surface area contributed by atoms with E-state index in [2.05, 4.69) is 82.0 Å². The molecule has 2 aromatic rings. The molecule has 30 heavy (non-hydrogen) atoms. The lowest BCUT2D eigenvalue weighted by Crippen LogP contribution is -2.41. The molecule has 0 unspecified atom stereocenters. The van der Waals surface area contributed by atoms with E-state index in [1.807, 2.05) is 26.4 Å². The van der Waals surface area contributed by atoms with Crippen LogP contribution in [-0.4, -0.2) is 52.6 Å². The number of hydrogen-bond donors (Lipinski definition) is 2. The molecule has 0 aliphatic heterocycles. The third-order valence-electron chi connectivity index (χ3n) is 5.16. The number of imidazole rings is 1. The van der Waals surface area contributed by atoms with Crippen molar-refractivity contribution in [2.75, 3.05) is 20.1 Å². The second kappa shape index (κ2) is 13.6. The molecule has 0 aliphatic rings. The van der Waals surface area contributed by atoms with Gasteiger partial charge in [0.05, 0.1) is 0 Å². The number of aliphatic imine (C=N–C) groups is 1. The Hall–Kier alpha value is -1.61. The van der Waals surface area contributed by atoms with E-state index < -0.39 is 0 Å². The Labute approximate surface area is 199 Å². The molecule has 0 atom stereocenters. The van der Waals surface area contributed by atoms with E-state index in [0.29, 0.717) is 12.1 Å². The molecule has 1 aromatic carbocycles. The van der Waals surface area contributed by atoms with Crippen LogP contribution in [0, 0.1) is 6.92 Å². The van der Waals surface area contributed by atoms with Gasteiger partial charge in [-0.15, -0.1) is 24.0 Å². The lowest BCUT2D eigenvalue weighted by atomic mass is 10.1. The first-order valence-corrected chi connectivity index (χ1v) is 10.7. The van der Waals surface area contributed by atoms with Gasteiger partial charge in [-0.3, -0.25) is 9.89 Å². The Kier molecular flexibility index (Phi) is 12.0. The van der Waals surface area contributed by atoms with E-state index in [0.717, 1.165) is 44.4 Å². The van der Waals surface area contributed by atoms with Crippen molar-refractivity contribution in [3.63, 3.8) is 0 Å². The van der Waals surface area contributed by atoms with Gasteiger partial charge in [0.1, 0.15) is 5.82 Å². The third-order valence-corrected chi connectivity index (χ3v) is 5.16.